The first-order valence-corrected chi connectivity index (χ1v) is 7.60. The van der Waals surface area contributed by atoms with E-state index in [1.165, 1.54) is 18.6 Å². The Bertz CT molecular complexity index is 700. The average Bonchev–Trinajstić information content (AvgIpc) is 2.58. The molecule has 2 heterocycles. The summed E-state index contributed by atoms with van der Waals surface area (Å²) in [6.07, 6.45) is 5.82. The lowest BCUT2D eigenvalue weighted by Gasteiger charge is -2.32. The third-order valence-corrected chi connectivity index (χ3v) is 3.89. The second-order valence-electron chi connectivity index (χ2n) is 5.58. The number of amides is 2. The number of aryl methyl sites for hydroxylation is 1. The van der Waals surface area contributed by atoms with Gasteiger partial charge in [-0.2, -0.15) is 0 Å². The van der Waals surface area contributed by atoms with Crippen LogP contribution in [0.2, 0.25) is 0 Å². The smallest absolute Gasteiger partial charge is 0.272 e. The van der Waals surface area contributed by atoms with E-state index in [2.05, 4.69) is 15.3 Å². The van der Waals surface area contributed by atoms with Gasteiger partial charge in [0.05, 0.1) is 6.20 Å². The van der Waals surface area contributed by atoms with Crippen molar-refractivity contribution in [2.45, 2.75) is 25.8 Å². The zero-order valence-corrected chi connectivity index (χ0v) is 12.9. The molecule has 2 amide bonds. The van der Waals surface area contributed by atoms with Gasteiger partial charge in [0, 0.05) is 24.6 Å². The molecule has 1 N–H and O–H groups in total. The van der Waals surface area contributed by atoms with Crippen molar-refractivity contribution in [3.63, 3.8) is 0 Å². The molecule has 1 atom stereocenters. The molecule has 0 aliphatic carbocycles. The Labute approximate surface area is 134 Å². The van der Waals surface area contributed by atoms with Crippen LogP contribution in [0.1, 0.15) is 28.9 Å². The minimum Gasteiger partial charge on any atom is -0.339 e. The maximum atomic E-state index is 12.7. The summed E-state index contributed by atoms with van der Waals surface area (Å²) in [6.45, 7) is 2.67. The van der Waals surface area contributed by atoms with E-state index in [1.54, 1.807) is 4.90 Å². The van der Waals surface area contributed by atoms with Gasteiger partial charge < -0.3 is 10.2 Å². The van der Waals surface area contributed by atoms with Crippen molar-refractivity contribution in [3.05, 3.63) is 54.1 Å². The van der Waals surface area contributed by atoms with E-state index in [0.717, 1.165) is 17.7 Å². The second kappa shape index (κ2) is 6.56. The van der Waals surface area contributed by atoms with Crippen molar-refractivity contribution in [1.29, 1.82) is 0 Å². The molecule has 118 valence electrons. The van der Waals surface area contributed by atoms with Crippen molar-refractivity contribution >= 4 is 17.5 Å². The summed E-state index contributed by atoms with van der Waals surface area (Å²) >= 11 is 0. The van der Waals surface area contributed by atoms with Gasteiger partial charge in [0.15, 0.2) is 0 Å². The van der Waals surface area contributed by atoms with Crippen LogP contribution in [0.15, 0.2) is 42.9 Å². The molecular weight excluding hydrogens is 292 g/mol. The fourth-order valence-electron chi connectivity index (χ4n) is 2.64. The standard InChI is InChI=1S/C17H18N4O2/c1-12-4-6-13(7-5-12)21-10-2-3-14(17(21)23)20-16(22)15-11-18-8-9-19-15/h4-9,11,14H,2-3,10H2,1H3,(H,20,22)/t14-/m0/s1. The van der Waals surface area contributed by atoms with E-state index in [9.17, 15) is 9.59 Å². The lowest BCUT2D eigenvalue weighted by molar-refractivity contribution is -0.121. The van der Waals surface area contributed by atoms with E-state index >= 15 is 0 Å². The minimum atomic E-state index is -0.528. The molecule has 0 radical (unpaired) electrons. The van der Waals surface area contributed by atoms with Crippen molar-refractivity contribution in [3.8, 4) is 0 Å². The molecule has 1 fully saturated rings. The van der Waals surface area contributed by atoms with E-state index < -0.39 is 6.04 Å². The molecule has 2 aromatic rings. The topological polar surface area (TPSA) is 75.2 Å². The first-order valence-electron chi connectivity index (χ1n) is 7.60. The number of anilines is 1. The predicted molar refractivity (Wildman–Crippen MR) is 86.1 cm³/mol. The number of hydrogen-bond acceptors (Lipinski definition) is 4. The van der Waals surface area contributed by atoms with Crippen molar-refractivity contribution in [1.82, 2.24) is 15.3 Å². The summed E-state index contributed by atoms with van der Waals surface area (Å²) in [5.41, 5.74) is 2.22. The molecule has 6 heteroatoms. The number of nitrogens with one attached hydrogen (secondary N) is 1. The summed E-state index contributed by atoms with van der Waals surface area (Å²) < 4.78 is 0. The molecule has 0 unspecified atom stereocenters. The molecule has 0 saturated carbocycles. The van der Waals surface area contributed by atoms with Crippen LogP contribution in [-0.2, 0) is 4.79 Å². The van der Waals surface area contributed by atoms with Crippen LogP contribution in [0.25, 0.3) is 0 Å². The van der Waals surface area contributed by atoms with E-state index in [1.807, 2.05) is 31.2 Å². The van der Waals surface area contributed by atoms with Crippen LogP contribution in [0.3, 0.4) is 0 Å². The molecule has 0 bridgehead atoms. The molecule has 1 aliphatic rings. The fraction of sp³-hybridized carbons (Fsp3) is 0.294. The number of rotatable bonds is 3. The quantitative estimate of drug-likeness (QED) is 0.936. The highest BCUT2D eigenvalue weighted by molar-refractivity contribution is 6.02. The number of carbonyl (C=O) groups is 2. The molecule has 3 rings (SSSR count). The van der Waals surface area contributed by atoms with Crippen LogP contribution in [-0.4, -0.2) is 34.4 Å². The lowest BCUT2D eigenvalue weighted by atomic mass is 10.0. The van der Waals surface area contributed by atoms with Gasteiger partial charge in [-0.1, -0.05) is 17.7 Å². The summed E-state index contributed by atoms with van der Waals surface area (Å²) in [5.74, 6) is -0.459. The van der Waals surface area contributed by atoms with Crippen molar-refractivity contribution in [2.24, 2.45) is 0 Å². The summed E-state index contributed by atoms with van der Waals surface area (Å²) in [7, 11) is 0. The Morgan fingerprint density at radius 1 is 1.26 bits per heavy atom. The zero-order chi connectivity index (χ0) is 16.2. The van der Waals surface area contributed by atoms with Crippen molar-refractivity contribution in [2.75, 3.05) is 11.4 Å². The first-order chi connectivity index (χ1) is 11.1. The molecule has 1 aliphatic heterocycles. The molecular formula is C17H18N4O2. The zero-order valence-electron chi connectivity index (χ0n) is 12.9. The lowest BCUT2D eigenvalue weighted by Crippen LogP contribution is -2.52. The van der Waals surface area contributed by atoms with Gasteiger partial charge in [-0.15, -0.1) is 0 Å². The van der Waals surface area contributed by atoms with Gasteiger partial charge in [-0.05, 0) is 31.9 Å². The number of carbonyl (C=O) groups excluding carboxylic acids is 2. The molecule has 1 saturated heterocycles. The first kappa shape index (κ1) is 15.1. The number of aromatic nitrogens is 2. The summed E-state index contributed by atoms with van der Waals surface area (Å²) in [5, 5.41) is 2.76. The van der Waals surface area contributed by atoms with Crippen LogP contribution in [0.5, 0.6) is 0 Å². The Morgan fingerprint density at radius 3 is 2.74 bits per heavy atom. The maximum absolute atomic E-state index is 12.7. The Morgan fingerprint density at radius 2 is 2.04 bits per heavy atom. The van der Waals surface area contributed by atoms with Crippen LogP contribution in [0, 0.1) is 6.92 Å². The summed E-state index contributed by atoms with van der Waals surface area (Å²) in [6, 6.07) is 7.29. The van der Waals surface area contributed by atoms with Gasteiger partial charge in [0.2, 0.25) is 5.91 Å². The fourth-order valence-corrected chi connectivity index (χ4v) is 2.64. The van der Waals surface area contributed by atoms with Gasteiger partial charge in [0.25, 0.3) is 5.91 Å². The molecule has 23 heavy (non-hydrogen) atoms. The maximum Gasteiger partial charge on any atom is 0.272 e. The Hall–Kier alpha value is -2.76. The predicted octanol–water partition coefficient (Wildman–Crippen LogP) is 1.71. The van der Waals surface area contributed by atoms with Crippen molar-refractivity contribution < 1.29 is 9.59 Å². The number of piperidine rings is 1. The van der Waals surface area contributed by atoms with Gasteiger partial charge >= 0.3 is 0 Å². The molecule has 1 aromatic heterocycles. The minimum absolute atomic E-state index is 0.0858. The third kappa shape index (κ3) is 3.36. The Balaban J connectivity index is 1.72. The third-order valence-electron chi connectivity index (χ3n) is 3.89. The average molecular weight is 310 g/mol. The normalized spacial score (nSPS) is 17.9. The van der Waals surface area contributed by atoms with E-state index in [4.69, 9.17) is 0 Å². The second-order valence-corrected chi connectivity index (χ2v) is 5.58. The number of nitrogens with zero attached hydrogens (tertiary/aromatic N) is 3. The Kier molecular flexibility index (Phi) is 4.32. The van der Waals surface area contributed by atoms with Gasteiger partial charge in [-0.25, -0.2) is 4.98 Å². The van der Waals surface area contributed by atoms with E-state index in [0.29, 0.717) is 13.0 Å². The van der Waals surface area contributed by atoms with Crippen LogP contribution < -0.4 is 10.2 Å². The van der Waals surface area contributed by atoms with Crippen LogP contribution in [0.4, 0.5) is 5.69 Å². The number of hydrogen-bond donors (Lipinski definition) is 1. The van der Waals surface area contributed by atoms with E-state index in [-0.39, 0.29) is 17.5 Å². The largest absolute Gasteiger partial charge is 0.339 e. The molecule has 1 aromatic carbocycles. The SMILES string of the molecule is Cc1ccc(N2CCC[C@H](NC(=O)c3cnccn3)C2=O)cc1. The molecule has 0 spiro atoms. The van der Waals surface area contributed by atoms with Crippen LogP contribution >= 0.6 is 0 Å². The highest BCUT2D eigenvalue weighted by Gasteiger charge is 2.31. The highest BCUT2D eigenvalue weighted by atomic mass is 16.2. The monoisotopic (exact) mass is 310 g/mol. The molecule has 6 nitrogen and oxygen atoms in total. The number of benzene rings is 1. The highest BCUT2D eigenvalue weighted by Crippen LogP contribution is 2.21. The summed E-state index contributed by atoms with van der Waals surface area (Å²) in [4.78, 5) is 34.4. The van der Waals surface area contributed by atoms with Gasteiger partial charge in [0.1, 0.15) is 11.7 Å². The van der Waals surface area contributed by atoms with Gasteiger partial charge in [-0.3, -0.25) is 14.6 Å².